The van der Waals surface area contributed by atoms with Gasteiger partial charge >= 0.3 is 11.3 Å². The van der Waals surface area contributed by atoms with Crippen LogP contribution in [0.1, 0.15) is 20.8 Å². The molecule has 0 radical (unpaired) electrons. The smallest absolute Gasteiger partial charge is 0.353 e. The zero-order chi connectivity index (χ0) is 13.1. The van der Waals surface area contributed by atoms with Crippen LogP contribution in [0.15, 0.2) is 0 Å². The number of hydrogen-bond acceptors (Lipinski definition) is 4. The van der Waals surface area contributed by atoms with Gasteiger partial charge in [-0.05, 0) is 25.9 Å². The van der Waals surface area contributed by atoms with E-state index in [1.54, 1.807) is 0 Å². The van der Waals surface area contributed by atoms with E-state index in [-0.39, 0.29) is 3.53 Å². The van der Waals surface area contributed by atoms with Crippen molar-refractivity contribution in [3.63, 3.8) is 0 Å². The molecule has 0 bridgehead atoms. The zero-order valence-electron chi connectivity index (χ0n) is 9.64. The zero-order valence-corrected chi connectivity index (χ0v) is 12.1. The molecule has 4 nitrogen and oxygen atoms in total. The molecule has 7 heteroatoms. The first-order chi connectivity index (χ1) is 7.12. The van der Waals surface area contributed by atoms with Crippen LogP contribution in [0.4, 0.5) is 4.79 Å². The van der Waals surface area contributed by atoms with Crippen LogP contribution in [0.5, 0.6) is 0 Å². The first kappa shape index (κ1) is 15.7. The van der Waals surface area contributed by atoms with Crippen molar-refractivity contribution < 1.29 is 19.8 Å². The van der Waals surface area contributed by atoms with Gasteiger partial charge in [-0.1, -0.05) is 29.2 Å². The minimum Gasteiger partial charge on any atom is -0.480 e. The second-order valence-corrected chi connectivity index (χ2v) is 9.76. The molecule has 0 saturated carbocycles. The number of carboxylic acid groups (broad SMARTS) is 2. The van der Waals surface area contributed by atoms with Crippen molar-refractivity contribution in [2.24, 2.45) is 0 Å². The van der Waals surface area contributed by atoms with Crippen LogP contribution in [0, 0.1) is 0 Å². The third-order valence-corrected chi connectivity index (χ3v) is 9.29. The molecule has 0 aliphatic rings. The average molecular weight is 284 g/mol. The molecule has 0 aliphatic heterocycles. The Balaban J connectivity index is 5.53. The SMILES string of the molecule is CCSC(=S)S(C)(C(=O)O)C(C)(C)C(=O)O. The van der Waals surface area contributed by atoms with Crippen LogP contribution >= 0.6 is 34.0 Å². The fourth-order valence-corrected chi connectivity index (χ4v) is 5.82. The third-order valence-electron chi connectivity index (χ3n) is 2.48. The van der Waals surface area contributed by atoms with Crippen LogP contribution in [0.2, 0.25) is 0 Å². The van der Waals surface area contributed by atoms with E-state index in [1.165, 1.54) is 31.9 Å². The minimum atomic E-state index is -2.56. The molecule has 0 spiro atoms. The number of hydrogen-bond donors (Lipinski definition) is 2. The van der Waals surface area contributed by atoms with Crippen molar-refractivity contribution in [1.29, 1.82) is 0 Å². The Kier molecular flexibility index (Phi) is 5.28. The van der Waals surface area contributed by atoms with Crippen molar-refractivity contribution in [1.82, 2.24) is 0 Å². The van der Waals surface area contributed by atoms with Crippen molar-refractivity contribution in [3.8, 4) is 0 Å². The lowest BCUT2D eigenvalue weighted by molar-refractivity contribution is -0.139. The highest BCUT2D eigenvalue weighted by molar-refractivity contribution is 8.70. The molecule has 0 saturated heterocycles. The summed E-state index contributed by atoms with van der Waals surface area (Å²) in [6, 6.07) is 0. The lowest BCUT2D eigenvalue weighted by Gasteiger charge is -2.42. The van der Waals surface area contributed by atoms with Crippen molar-refractivity contribution in [2.75, 3.05) is 12.0 Å². The maximum absolute atomic E-state index is 11.4. The molecule has 1 unspecified atom stereocenters. The van der Waals surface area contributed by atoms with Gasteiger partial charge in [0, 0.05) is 0 Å². The molecular formula is C9H16O4S3. The largest absolute Gasteiger partial charge is 0.480 e. The number of carboxylic acids is 1. The first-order valence-corrected chi connectivity index (χ1v) is 7.97. The van der Waals surface area contributed by atoms with E-state index in [9.17, 15) is 14.7 Å². The summed E-state index contributed by atoms with van der Waals surface area (Å²) >= 11 is 6.32. The first-order valence-electron chi connectivity index (χ1n) is 4.53. The summed E-state index contributed by atoms with van der Waals surface area (Å²) in [5, 5.41) is 17.3. The van der Waals surface area contributed by atoms with Gasteiger partial charge in [-0.3, -0.25) is 4.79 Å². The average Bonchev–Trinajstić information content (AvgIpc) is 2.15. The number of carbonyl (C=O) groups is 2. The van der Waals surface area contributed by atoms with Gasteiger partial charge in [0.25, 0.3) is 0 Å². The summed E-state index contributed by atoms with van der Waals surface area (Å²) in [6.45, 7) is 4.69. The lowest BCUT2D eigenvalue weighted by atomic mass is 10.2. The number of rotatable bonds is 3. The Morgan fingerprint density at radius 2 is 1.81 bits per heavy atom. The lowest BCUT2D eigenvalue weighted by Crippen LogP contribution is -2.42. The molecule has 0 aromatic rings. The molecule has 0 aliphatic carbocycles. The minimum absolute atomic E-state index is 0.287. The quantitative estimate of drug-likeness (QED) is 0.776. The Morgan fingerprint density at radius 1 is 1.38 bits per heavy atom. The fourth-order valence-electron chi connectivity index (χ4n) is 0.908. The molecule has 0 amide bonds. The van der Waals surface area contributed by atoms with Gasteiger partial charge in [0.1, 0.15) is 4.75 Å². The summed E-state index contributed by atoms with van der Waals surface area (Å²) in [7, 11) is -2.56. The molecular weight excluding hydrogens is 268 g/mol. The van der Waals surface area contributed by atoms with E-state index < -0.39 is 26.0 Å². The number of thiocarbonyl (C=S) groups is 1. The van der Waals surface area contributed by atoms with E-state index in [2.05, 4.69) is 0 Å². The third kappa shape index (κ3) is 2.52. The van der Waals surface area contributed by atoms with Crippen LogP contribution < -0.4 is 0 Å². The number of aliphatic carboxylic acids is 1. The van der Waals surface area contributed by atoms with Gasteiger partial charge in [-0.2, -0.15) is 0 Å². The molecule has 0 fully saturated rings. The maximum atomic E-state index is 11.4. The Hall–Kier alpha value is -0.270. The highest BCUT2D eigenvalue weighted by Gasteiger charge is 2.50. The van der Waals surface area contributed by atoms with Crippen LogP contribution in [-0.4, -0.2) is 41.8 Å². The van der Waals surface area contributed by atoms with E-state index in [1.807, 2.05) is 6.92 Å². The monoisotopic (exact) mass is 284 g/mol. The molecule has 1 atom stereocenters. The Labute approximate surface area is 106 Å². The van der Waals surface area contributed by atoms with E-state index in [4.69, 9.17) is 17.3 Å². The van der Waals surface area contributed by atoms with Gasteiger partial charge in [0.05, 0.1) is 3.53 Å². The molecule has 2 N–H and O–H groups in total. The topological polar surface area (TPSA) is 74.6 Å². The van der Waals surface area contributed by atoms with E-state index in [0.717, 1.165) is 0 Å². The van der Waals surface area contributed by atoms with Crippen molar-refractivity contribution >= 4 is 48.8 Å². The number of thioether (sulfide) groups is 1. The molecule has 0 aromatic heterocycles. The molecule has 16 heavy (non-hydrogen) atoms. The predicted molar refractivity (Wildman–Crippen MR) is 74.0 cm³/mol. The maximum Gasteiger partial charge on any atom is 0.353 e. The summed E-state index contributed by atoms with van der Waals surface area (Å²) in [5.41, 5.74) is 0. The normalized spacial score (nSPS) is 17.2. The van der Waals surface area contributed by atoms with E-state index >= 15 is 0 Å². The summed E-state index contributed by atoms with van der Waals surface area (Å²) in [6.07, 6.45) is 1.45. The fraction of sp³-hybridized carbons (Fsp3) is 0.667. The summed E-state index contributed by atoms with van der Waals surface area (Å²) in [5.74, 6) is -0.490. The highest BCUT2D eigenvalue weighted by atomic mass is 32.3. The Bertz CT molecular complexity index is 327. The van der Waals surface area contributed by atoms with Gasteiger partial charge < -0.3 is 10.2 Å². The summed E-state index contributed by atoms with van der Waals surface area (Å²) < 4.78 is -1.08. The Morgan fingerprint density at radius 3 is 2.06 bits per heavy atom. The van der Waals surface area contributed by atoms with Gasteiger partial charge in [-0.25, -0.2) is 4.79 Å². The van der Waals surface area contributed by atoms with E-state index in [0.29, 0.717) is 5.75 Å². The molecule has 0 rings (SSSR count). The van der Waals surface area contributed by atoms with Crippen molar-refractivity contribution in [2.45, 2.75) is 25.5 Å². The van der Waals surface area contributed by atoms with Gasteiger partial charge in [0.2, 0.25) is 0 Å². The van der Waals surface area contributed by atoms with Crippen LogP contribution in [0.3, 0.4) is 0 Å². The molecule has 0 aromatic carbocycles. The predicted octanol–water partition coefficient (Wildman–Crippen LogP) is 3.00. The van der Waals surface area contributed by atoms with Crippen LogP contribution in [0.25, 0.3) is 0 Å². The summed E-state index contributed by atoms with van der Waals surface area (Å²) in [4.78, 5) is 22.5. The van der Waals surface area contributed by atoms with Crippen molar-refractivity contribution in [3.05, 3.63) is 0 Å². The molecule has 94 valence electrons. The standard InChI is InChI=1S/C9H16O4S3/c1-5-15-8(14)16(4,7(12)13)9(2,3)6(10)11/h5H2,1-4H3,(H,10,11)(H,12,13). The highest BCUT2D eigenvalue weighted by Crippen LogP contribution is 2.60. The van der Waals surface area contributed by atoms with Crippen LogP contribution in [-0.2, 0) is 4.79 Å². The second-order valence-electron chi connectivity index (χ2n) is 3.68. The van der Waals surface area contributed by atoms with Gasteiger partial charge in [0.15, 0.2) is 0 Å². The second kappa shape index (κ2) is 5.37. The molecule has 0 heterocycles. The van der Waals surface area contributed by atoms with Gasteiger partial charge in [-0.15, -0.1) is 11.8 Å².